The van der Waals surface area contributed by atoms with Gasteiger partial charge < -0.3 is 10.1 Å². The lowest BCUT2D eigenvalue weighted by molar-refractivity contribution is -0.149. The maximum absolute atomic E-state index is 12.7. The van der Waals surface area contributed by atoms with Crippen molar-refractivity contribution in [3.63, 3.8) is 0 Å². The molecule has 1 saturated heterocycles. The van der Waals surface area contributed by atoms with E-state index in [0.717, 1.165) is 31.2 Å². The Hall–Kier alpha value is -2.96. The van der Waals surface area contributed by atoms with Crippen LogP contribution in [0.25, 0.3) is 11.3 Å². The van der Waals surface area contributed by atoms with Crippen molar-refractivity contribution in [1.82, 2.24) is 15.1 Å². The van der Waals surface area contributed by atoms with Crippen LogP contribution in [0, 0.1) is 5.92 Å². The van der Waals surface area contributed by atoms with E-state index in [4.69, 9.17) is 4.74 Å². The highest BCUT2D eigenvalue weighted by atomic mass is 16.6. The third-order valence-electron chi connectivity index (χ3n) is 5.65. The average Bonchev–Trinajstić information content (AvgIpc) is 3.30. The fraction of sp³-hybridized carbons (Fsp3) is 0.429. The molecule has 1 aromatic carbocycles. The Morgan fingerprint density at radius 2 is 1.89 bits per heavy atom. The van der Waals surface area contributed by atoms with Crippen molar-refractivity contribution >= 4 is 11.9 Å². The molecule has 7 nitrogen and oxygen atoms in total. The molecule has 2 aliphatic rings. The van der Waals surface area contributed by atoms with Gasteiger partial charge in [0.1, 0.15) is 5.60 Å². The first-order valence-electron chi connectivity index (χ1n) is 9.71. The highest BCUT2D eigenvalue weighted by Crippen LogP contribution is 2.45. The van der Waals surface area contributed by atoms with Gasteiger partial charge in [-0.15, -0.1) is 0 Å². The van der Waals surface area contributed by atoms with Crippen LogP contribution >= 0.6 is 0 Å². The summed E-state index contributed by atoms with van der Waals surface area (Å²) >= 11 is 0. The number of nitrogens with one attached hydrogen (secondary N) is 1. The minimum Gasteiger partial charge on any atom is -0.458 e. The molecule has 28 heavy (non-hydrogen) atoms. The van der Waals surface area contributed by atoms with Gasteiger partial charge >= 0.3 is 5.97 Å². The summed E-state index contributed by atoms with van der Waals surface area (Å²) in [6.45, 7) is 0.532. The first-order chi connectivity index (χ1) is 13.6. The molecule has 7 heteroatoms. The van der Waals surface area contributed by atoms with Crippen molar-refractivity contribution < 1.29 is 14.3 Å². The average molecular weight is 381 g/mol. The van der Waals surface area contributed by atoms with Gasteiger partial charge in [-0.25, -0.2) is 4.68 Å². The minimum absolute atomic E-state index is 0.132. The summed E-state index contributed by atoms with van der Waals surface area (Å²) in [5, 5.41) is 7.25. The molecule has 2 aromatic rings. The number of carbonyl (C=O) groups excluding carboxylic acids is 2. The van der Waals surface area contributed by atoms with E-state index in [1.54, 1.807) is 6.07 Å². The summed E-state index contributed by atoms with van der Waals surface area (Å²) in [6.07, 6.45) is 3.58. The quantitative estimate of drug-likeness (QED) is 0.799. The lowest BCUT2D eigenvalue weighted by Crippen LogP contribution is -2.44. The standard InChI is InChI=1S/C21H23N3O4/c25-18-9-8-17(15-6-2-1-3-7-15)23-24(18)13-12-22-20(27)16-14-19(26)28-21(16)10-4-5-11-21/h1-3,6-9,16H,4-5,10-14H2,(H,22,27). The first-order valence-corrected chi connectivity index (χ1v) is 9.71. The molecule has 1 N–H and O–H groups in total. The predicted molar refractivity (Wildman–Crippen MR) is 102 cm³/mol. The molecule has 1 spiro atoms. The van der Waals surface area contributed by atoms with Crippen LogP contribution in [0.3, 0.4) is 0 Å². The first kappa shape index (κ1) is 18.4. The van der Waals surface area contributed by atoms with E-state index >= 15 is 0 Å². The fourth-order valence-corrected chi connectivity index (χ4v) is 4.23. The van der Waals surface area contributed by atoms with E-state index < -0.39 is 11.5 Å². The van der Waals surface area contributed by atoms with E-state index in [1.807, 2.05) is 30.3 Å². The van der Waals surface area contributed by atoms with Crippen LogP contribution in [0.15, 0.2) is 47.3 Å². The number of benzene rings is 1. The minimum atomic E-state index is -0.622. The van der Waals surface area contributed by atoms with Gasteiger partial charge in [-0.1, -0.05) is 30.3 Å². The van der Waals surface area contributed by atoms with Crippen LogP contribution in [0.5, 0.6) is 0 Å². The number of nitrogens with zero attached hydrogens (tertiary/aromatic N) is 2. The lowest BCUT2D eigenvalue weighted by atomic mass is 9.85. The van der Waals surface area contributed by atoms with Gasteiger partial charge in [0, 0.05) is 18.2 Å². The van der Waals surface area contributed by atoms with Crippen LogP contribution in [-0.2, 0) is 20.9 Å². The smallest absolute Gasteiger partial charge is 0.307 e. The Labute approximate surface area is 162 Å². The van der Waals surface area contributed by atoms with E-state index in [-0.39, 0.29) is 36.9 Å². The molecular formula is C21H23N3O4. The van der Waals surface area contributed by atoms with Gasteiger partial charge in [0.25, 0.3) is 5.56 Å². The molecule has 1 aliphatic carbocycles. The molecule has 146 valence electrons. The van der Waals surface area contributed by atoms with Crippen molar-refractivity contribution in [2.45, 2.75) is 44.2 Å². The zero-order valence-electron chi connectivity index (χ0n) is 15.6. The molecule has 2 fully saturated rings. The summed E-state index contributed by atoms with van der Waals surface area (Å²) in [4.78, 5) is 36.5. The summed E-state index contributed by atoms with van der Waals surface area (Å²) in [5.74, 6) is -0.918. The SMILES string of the molecule is O=C1CC(C(=O)NCCn2nc(-c3ccccc3)ccc2=O)C2(CCCC2)O1. The summed E-state index contributed by atoms with van der Waals surface area (Å²) in [6, 6.07) is 12.8. The molecule has 0 bridgehead atoms. The third-order valence-corrected chi connectivity index (χ3v) is 5.65. The highest BCUT2D eigenvalue weighted by molar-refractivity contribution is 5.87. The number of rotatable bonds is 5. The molecule has 2 heterocycles. The van der Waals surface area contributed by atoms with Gasteiger partial charge in [0.2, 0.25) is 5.91 Å². The predicted octanol–water partition coefficient (Wildman–Crippen LogP) is 1.90. The molecule has 1 aromatic heterocycles. The number of esters is 1. The lowest BCUT2D eigenvalue weighted by Gasteiger charge is -2.27. The maximum Gasteiger partial charge on any atom is 0.307 e. The van der Waals surface area contributed by atoms with Gasteiger partial charge in [-0.3, -0.25) is 14.4 Å². The number of ether oxygens (including phenoxy) is 1. The largest absolute Gasteiger partial charge is 0.458 e. The van der Waals surface area contributed by atoms with Crippen LogP contribution in [0.2, 0.25) is 0 Å². The normalized spacial score (nSPS) is 20.3. The van der Waals surface area contributed by atoms with Gasteiger partial charge in [0.05, 0.1) is 24.6 Å². The highest BCUT2D eigenvalue weighted by Gasteiger charge is 2.53. The fourth-order valence-electron chi connectivity index (χ4n) is 4.23. The molecule has 1 aliphatic heterocycles. The van der Waals surface area contributed by atoms with E-state index in [9.17, 15) is 14.4 Å². The Morgan fingerprint density at radius 1 is 1.14 bits per heavy atom. The van der Waals surface area contributed by atoms with Crippen LogP contribution < -0.4 is 10.9 Å². The Balaban J connectivity index is 1.41. The number of carbonyl (C=O) groups is 2. The van der Waals surface area contributed by atoms with E-state index in [0.29, 0.717) is 5.69 Å². The second-order valence-corrected chi connectivity index (χ2v) is 7.44. The summed E-state index contributed by atoms with van der Waals surface area (Å²) in [7, 11) is 0. The molecular weight excluding hydrogens is 358 g/mol. The molecule has 1 atom stereocenters. The van der Waals surface area contributed by atoms with Crippen LogP contribution in [-0.4, -0.2) is 33.8 Å². The van der Waals surface area contributed by atoms with Crippen molar-refractivity contribution in [3.8, 4) is 11.3 Å². The van der Waals surface area contributed by atoms with Gasteiger partial charge in [0.15, 0.2) is 0 Å². The van der Waals surface area contributed by atoms with Gasteiger partial charge in [-0.2, -0.15) is 5.10 Å². The second-order valence-electron chi connectivity index (χ2n) is 7.44. The second kappa shape index (κ2) is 7.58. The topological polar surface area (TPSA) is 90.3 Å². The molecule has 4 rings (SSSR count). The summed E-state index contributed by atoms with van der Waals surface area (Å²) in [5.41, 5.74) is 0.778. The number of hydrogen-bond acceptors (Lipinski definition) is 5. The van der Waals surface area contributed by atoms with Gasteiger partial charge in [-0.05, 0) is 31.7 Å². The van der Waals surface area contributed by atoms with Crippen molar-refractivity contribution in [2.24, 2.45) is 5.92 Å². The van der Waals surface area contributed by atoms with Crippen molar-refractivity contribution in [1.29, 1.82) is 0 Å². The summed E-state index contributed by atoms with van der Waals surface area (Å²) < 4.78 is 6.88. The number of amides is 1. The zero-order chi connectivity index (χ0) is 19.6. The number of aromatic nitrogens is 2. The number of hydrogen-bond donors (Lipinski definition) is 1. The Morgan fingerprint density at radius 3 is 2.64 bits per heavy atom. The van der Waals surface area contributed by atoms with E-state index in [2.05, 4.69) is 10.4 Å². The van der Waals surface area contributed by atoms with Crippen molar-refractivity contribution in [3.05, 3.63) is 52.8 Å². The molecule has 1 unspecified atom stereocenters. The third kappa shape index (κ3) is 3.56. The zero-order valence-corrected chi connectivity index (χ0v) is 15.6. The van der Waals surface area contributed by atoms with E-state index in [1.165, 1.54) is 10.7 Å². The Bertz CT molecular complexity index is 932. The molecule has 1 saturated carbocycles. The van der Waals surface area contributed by atoms with Crippen LogP contribution in [0.1, 0.15) is 32.1 Å². The van der Waals surface area contributed by atoms with Crippen molar-refractivity contribution in [2.75, 3.05) is 6.54 Å². The monoisotopic (exact) mass is 381 g/mol. The molecule has 1 amide bonds. The Kier molecular flexibility index (Phi) is 4.98. The van der Waals surface area contributed by atoms with Crippen LogP contribution in [0.4, 0.5) is 0 Å². The maximum atomic E-state index is 12.7. The molecule has 0 radical (unpaired) electrons.